The largest absolute Gasteiger partial charge is 0.453 e. The van der Waals surface area contributed by atoms with Gasteiger partial charge in [0.1, 0.15) is 0 Å². The number of anilines is 1. The van der Waals surface area contributed by atoms with Gasteiger partial charge in [0.05, 0.1) is 13.2 Å². The Hall–Kier alpha value is -1.75. The molecule has 3 rings (SSSR count). The van der Waals surface area contributed by atoms with Crippen LogP contribution in [-0.2, 0) is 11.2 Å². The monoisotopic (exact) mass is 289 g/mol. The smallest absolute Gasteiger partial charge is 0.407 e. The molecule has 1 fully saturated rings. The number of benzene rings is 1. The average Bonchev–Trinajstić information content (AvgIpc) is 2.55. The number of fused-ring (bicyclic) bond motifs is 1. The van der Waals surface area contributed by atoms with Crippen LogP contribution in [0.5, 0.6) is 0 Å². The molecular weight excluding hydrogens is 266 g/mol. The number of piperazine rings is 1. The maximum Gasteiger partial charge on any atom is 0.407 e. The lowest BCUT2D eigenvalue weighted by Gasteiger charge is -2.32. The molecule has 5 heteroatoms. The molecule has 1 aliphatic carbocycles. The van der Waals surface area contributed by atoms with E-state index in [1.54, 1.807) is 0 Å². The van der Waals surface area contributed by atoms with Crippen molar-refractivity contribution in [3.05, 3.63) is 29.3 Å². The Kier molecular flexibility index (Phi) is 4.29. The topological polar surface area (TPSA) is 53.6 Å². The van der Waals surface area contributed by atoms with Crippen molar-refractivity contribution in [3.8, 4) is 0 Å². The van der Waals surface area contributed by atoms with Gasteiger partial charge in [-0.25, -0.2) is 4.79 Å². The number of ether oxygens (including phenoxy) is 1. The second-order valence-corrected chi connectivity index (χ2v) is 5.70. The van der Waals surface area contributed by atoms with Crippen molar-refractivity contribution in [1.82, 2.24) is 10.6 Å². The van der Waals surface area contributed by atoms with Crippen LogP contribution in [0.4, 0.5) is 10.5 Å². The van der Waals surface area contributed by atoms with Gasteiger partial charge in [-0.05, 0) is 42.5 Å². The number of hydrogen-bond acceptors (Lipinski definition) is 4. The summed E-state index contributed by atoms with van der Waals surface area (Å²) in [6.07, 6.45) is 2.83. The van der Waals surface area contributed by atoms with Gasteiger partial charge in [0.25, 0.3) is 0 Å². The quantitative estimate of drug-likeness (QED) is 0.872. The van der Waals surface area contributed by atoms with E-state index in [4.69, 9.17) is 4.74 Å². The minimum atomic E-state index is -0.348. The van der Waals surface area contributed by atoms with Crippen LogP contribution in [0.25, 0.3) is 0 Å². The molecule has 2 N–H and O–H groups in total. The zero-order chi connectivity index (χ0) is 14.7. The summed E-state index contributed by atoms with van der Waals surface area (Å²) in [4.78, 5) is 13.9. The molecule has 0 radical (unpaired) electrons. The predicted octanol–water partition coefficient (Wildman–Crippen LogP) is 1.83. The summed E-state index contributed by atoms with van der Waals surface area (Å²) >= 11 is 0. The van der Waals surface area contributed by atoms with Gasteiger partial charge in [-0.2, -0.15) is 0 Å². The SMILES string of the molecule is COC(=O)NC1CCCc2cc(N3CCNCC3)ccc21. The molecule has 0 spiro atoms. The van der Waals surface area contributed by atoms with E-state index in [1.165, 1.54) is 23.9 Å². The van der Waals surface area contributed by atoms with Gasteiger partial charge in [-0.15, -0.1) is 0 Å². The van der Waals surface area contributed by atoms with Crippen molar-refractivity contribution >= 4 is 11.8 Å². The number of rotatable bonds is 2. The summed E-state index contributed by atoms with van der Waals surface area (Å²) in [7, 11) is 1.41. The summed E-state index contributed by atoms with van der Waals surface area (Å²) in [5.41, 5.74) is 3.90. The van der Waals surface area contributed by atoms with Gasteiger partial charge in [-0.3, -0.25) is 0 Å². The minimum Gasteiger partial charge on any atom is -0.453 e. The highest BCUT2D eigenvalue weighted by molar-refractivity contribution is 5.68. The summed E-state index contributed by atoms with van der Waals surface area (Å²) < 4.78 is 4.72. The molecule has 0 saturated carbocycles. The number of alkyl carbamates (subject to hydrolysis) is 1. The number of amides is 1. The fraction of sp³-hybridized carbons (Fsp3) is 0.562. The molecule has 1 atom stereocenters. The second kappa shape index (κ2) is 6.35. The molecule has 0 bridgehead atoms. The Labute approximate surface area is 125 Å². The van der Waals surface area contributed by atoms with Crippen LogP contribution >= 0.6 is 0 Å². The maximum atomic E-state index is 11.5. The number of carbonyl (C=O) groups is 1. The normalized spacial score (nSPS) is 21.6. The van der Waals surface area contributed by atoms with E-state index in [9.17, 15) is 4.79 Å². The Morgan fingerprint density at radius 2 is 2.19 bits per heavy atom. The Morgan fingerprint density at radius 1 is 1.38 bits per heavy atom. The number of carbonyl (C=O) groups excluding carboxylic acids is 1. The van der Waals surface area contributed by atoms with Gasteiger partial charge in [0.15, 0.2) is 0 Å². The maximum absolute atomic E-state index is 11.5. The van der Waals surface area contributed by atoms with Crippen LogP contribution in [0.15, 0.2) is 18.2 Å². The first-order valence-electron chi connectivity index (χ1n) is 7.71. The van der Waals surface area contributed by atoms with E-state index in [0.717, 1.165) is 45.4 Å². The van der Waals surface area contributed by atoms with Crippen molar-refractivity contribution in [3.63, 3.8) is 0 Å². The molecule has 114 valence electrons. The number of nitrogens with zero attached hydrogens (tertiary/aromatic N) is 1. The van der Waals surface area contributed by atoms with E-state index < -0.39 is 0 Å². The first-order chi connectivity index (χ1) is 10.3. The average molecular weight is 289 g/mol. The van der Waals surface area contributed by atoms with Crippen molar-refractivity contribution in [2.75, 3.05) is 38.2 Å². The molecule has 1 unspecified atom stereocenters. The van der Waals surface area contributed by atoms with Crippen molar-refractivity contribution in [2.24, 2.45) is 0 Å². The first kappa shape index (κ1) is 14.2. The van der Waals surface area contributed by atoms with Crippen LogP contribution in [0.3, 0.4) is 0 Å². The van der Waals surface area contributed by atoms with E-state index in [2.05, 4.69) is 33.7 Å². The van der Waals surface area contributed by atoms with Gasteiger partial charge in [-0.1, -0.05) is 6.07 Å². The molecule has 5 nitrogen and oxygen atoms in total. The lowest BCUT2D eigenvalue weighted by atomic mass is 9.87. The first-order valence-corrected chi connectivity index (χ1v) is 7.71. The van der Waals surface area contributed by atoms with E-state index in [-0.39, 0.29) is 12.1 Å². The second-order valence-electron chi connectivity index (χ2n) is 5.70. The standard InChI is InChI=1S/C16H23N3O2/c1-21-16(20)18-15-4-2-3-12-11-13(5-6-14(12)15)19-9-7-17-8-10-19/h5-6,11,15,17H,2-4,7-10H2,1H3,(H,18,20). The molecule has 21 heavy (non-hydrogen) atoms. The van der Waals surface area contributed by atoms with Crippen LogP contribution < -0.4 is 15.5 Å². The molecule has 1 amide bonds. The number of aryl methyl sites for hydroxylation is 1. The molecule has 2 aliphatic rings. The highest BCUT2D eigenvalue weighted by Gasteiger charge is 2.23. The number of methoxy groups -OCH3 is 1. The van der Waals surface area contributed by atoms with Crippen LogP contribution in [0.1, 0.15) is 30.0 Å². The van der Waals surface area contributed by atoms with Crippen molar-refractivity contribution in [2.45, 2.75) is 25.3 Å². The third-order valence-electron chi connectivity index (χ3n) is 4.40. The van der Waals surface area contributed by atoms with Crippen LogP contribution in [0, 0.1) is 0 Å². The lowest BCUT2D eigenvalue weighted by molar-refractivity contribution is 0.165. The summed E-state index contributed by atoms with van der Waals surface area (Å²) in [5.74, 6) is 0. The van der Waals surface area contributed by atoms with Crippen molar-refractivity contribution < 1.29 is 9.53 Å². The zero-order valence-electron chi connectivity index (χ0n) is 12.5. The van der Waals surface area contributed by atoms with Crippen LogP contribution in [0.2, 0.25) is 0 Å². The van der Waals surface area contributed by atoms with Gasteiger partial charge in [0, 0.05) is 31.9 Å². The molecule has 1 aliphatic heterocycles. The number of hydrogen-bond donors (Lipinski definition) is 2. The highest BCUT2D eigenvalue weighted by atomic mass is 16.5. The highest BCUT2D eigenvalue weighted by Crippen LogP contribution is 2.32. The lowest BCUT2D eigenvalue weighted by Crippen LogP contribution is -2.43. The molecular formula is C16H23N3O2. The Morgan fingerprint density at radius 3 is 2.95 bits per heavy atom. The molecule has 1 saturated heterocycles. The zero-order valence-corrected chi connectivity index (χ0v) is 12.5. The van der Waals surface area contributed by atoms with Gasteiger partial charge >= 0.3 is 6.09 Å². The molecule has 1 heterocycles. The fourth-order valence-electron chi connectivity index (χ4n) is 3.27. The molecule has 1 aromatic rings. The Bertz CT molecular complexity index is 512. The third-order valence-corrected chi connectivity index (χ3v) is 4.40. The third kappa shape index (κ3) is 3.13. The fourth-order valence-corrected chi connectivity index (χ4v) is 3.27. The molecule has 0 aromatic heterocycles. The summed E-state index contributed by atoms with van der Waals surface area (Å²) in [6, 6.07) is 6.73. The summed E-state index contributed by atoms with van der Waals surface area (Å²) in [5, 5.41) is 6.32. The minimum absolute atomic E-state index is 0.0817. The van der Waals surface area contributed by atoms with Gasteiger partial charge < -0.3 is 20.3 Å². The predicted molar refractivity (Wildman–Crippen MR) is 82.7 cm³/mol. The van der Waals surface area contributed by atoms with Crippen molar-refractivity contribution in [1.29, 1.82) is 0 Å². The number of nitrogens with one attached hydrogen (secondary N) is 2. The molecule has 1 aromatic carbocycles. The van der Waals surface area contributed by atoms with Crippen LogP contribution in [-0.4, -0.2) is 39.4 Å². The van der Waals surface area contributed by atoms with Gasteiger partial charge in [0.2, 0.25) is 0 Å². The van der Waals surface area contributed by atoms with E-state index in [0.29, 0.717) is 0 Å². The Balaban J connectivity index is 1.79. The van der Waals surface area contributed by atoms with E-state index in [1.807, 2.05) is 0 Å². The summed E-state index contributed by atoms with van der Waals surface area (Å²) in [6.45, 7) is 4.21. The van der Waals surface area contributed by atoms with E-state index >= 15 is 0 Å².